The maximum Gasteiger partial charge on any atom is 0.115 e. The molecular weight excluding hydrogens is 182 g/mol. The van der Waals surface area contributed by atoms with Crippen molar-refractivity contribution >= 4 is 0 Å². The lowest BCUT2D eigenvalue weighted by Gasteiger charge is -2.14. The van der Waals surface area contributed by atoms with Crippen molar-refractivity contribution in [2.75, 3.05) is 6.61 Å². The Morgan fingerprint density at radius 2 is 1.86 bits per heavy atom. The van der Waals surface area contributed by atoms with E-state index in [1.54, 1.807) is 12.1 Å². The molecule has 0 heterocycles. The molecule has 14 heavy (non-hydrogen) atoms. The SMILES string of the molecule is N#C[C@@H](c1ccc(O)cc1)[C@@H](O)CO. The molecule has 0 aliphatic heterocycles. The van der Waals surface area contributed by atoms with Crippen LogP contribution in [0.25, 0.3) is 0 Å². The lowest BCUT2D eigenvalue weighted by Crippen LogP contribution is -2.21. The molecule has 0 bridgehead atoms. The topological polar surface area (TPSA) is 84.5 Å². The Balaban J connectivity index is 2.91. The number of phenols is 1. The highest BCUT2D eigenvalue weighted by molar-refractivity contribution is 5.32. The van der Waals surface area contributed by atoms with Gasteiger partial charge in [-0.1, -0.05) is 12.1 Å². The van der Waals surface area contributed by atoms with Crippen LogP contribution in [0.5, 0.6) is 5.75 Å². The molecule has 1 rings (SSSR count). The van der Waals surface area contributed by atoms with Gasteiger partial charge < -0.3 is 15.3 Å². The minimum Gasteiger partial charge on any atom is -0.508 e. The van der Waals surface area contributed by atoms with Crippen molar-refractivity contribution in [1.82, 2.24) is 0 Å². The van der Waals surface area contributed by atoms with Gasteiger partial charge in [-0.05, 0) is 17.7 Å². The molecule has 0 saturated heterocycles. The lowest BCUT2D eigenvalue weighted by atomic mass is 9.95. The van der Waals surface area contributed by atoms with Crippen molar-refractivity contribution in [3.05, 3.63) is 29.8 Å². The van der Waals surface area contributed by atoms with Crippen molar-refractivity contribution in [2.45, 2.75) is 12.0 Å². The Labute approximate surface area is 81.7 Å². The Kier molecular flexibility index (Phi) is 3.46. The smallest absolute Gasteiger partial charge is 0.115 e. The van der Waals surface area contributed by atoms with Gasteiger partial charge in [0.15, 0.2) is 0 Å². The van der Waals surface area contributed by atoms with E-state index in [4.69, 9.17) is 15.5 Å². The van der Waals surface area contributed by atoms with Crippen LogP contribution in [0.3, 0.4) is 0 Å². The molecule has 1 aromatic rings. The standard InChI is InChI=1S/C10H11NO3/c11-5-9(10(14)6-12)7-1-3-8(13)4-2-7/h1-4,9-10,12-14H,6H2/t9-,10-/m0/s1. The van der Waals surface area contributed by atoms with Gasteiger partial charge in [0, 0.05) is 0 Å². The molecule has 0 saturated carbocycles. The number of hydrogen-bond donors (Lipinski definition) is 3. The Morgan fingerprint density at radius 1 is 1.29 bits per heavy atom. The summed E-state index contributed by atoms with van der Waals surface area (Å²) < 4.78 is 0. The van der Waals surface area contributed by atoms with E-state index in [1.807, 2.05) is 6.07 Å². The minimum absolute atomic E-state index is 0.101. The number of aromatic hydroxyl groups is 1. The third-order valence-electron chi connectivity index (χ3n) is 1.96. The maximum atomic E-state index is 9.31. The van der Waals surface area contributed by atoms with E-state index >= 15 is 0 Å². The molecule has 0 fully saturated rings. The number of phenolic OH excluding ortho intramolecular Hbond substituents is 1. The van der Waals surface area contributed by atoms with Gasteiger partial charge in [0.05, 0.1) is 24.7 Å². The van der Waals surface area contributed by atoms with Gasteiger partial charge in [0.2, 0.25) is 0 Å². The first-order chi connectivity index (χ1) is 6.69. The van der Waals surface area contributed by atoms with E-state index in [-0.39, 0.29) is 5.75 Å². The zero-order valence-electron chi connectivity index (χ0n) is 7.46. The second-order valence-corrected chi connectivity index (χ2v) is 2.95. The predicted octanol–water partition coefficient (Wildman–Crippen LogP) is 0.353. The summed E-state index contributed by atoms with van der Waals surface area (Å²) >= 11 is 0. The number of nitriles is 1. The van der Waals surface area contributed by atoms with Crippen LogP contribution in [0, 0.1) is 11.3 Å². The summed E-state index contributed by atoms with van der Waals surface area (Å²) in [5.41, 5.74) is 0.576. The Bertz CT molecular complexity index is 328. The summed E-state index contributed by atoms with van der Waals surface area (Å²) in [7, 11) is 0. The first kappa shape index (κ1) is 10.5. The average molecular weight is 193 g/mol. The summed E-state index contributed by atoms with van der Waals surface area (Å²) in [5, 5.41) is 35.8. The van der Waals surface area contributed by atoms with Crippen LogP contribution in [-0.4, -0.2) is 28.0 Å². The fourth-order valence-electron chi connectivity index (χ4n) is 1.17. The summed E-state index contributed by atoms with van der Waals surface area (Å²) in [6, 6.07) is 7.85. The summed E-state index contributed by atoms with van der Waals surface area (Å²) in [4.78, 5) is 0. The van der Waals surface area contributed by atoms with Crippen LogP contribution in [0.15, 0.2) is 24.3 Å². The molecule has 4 heteroatoms. The number of nitrogens with zero attached hydrogens (tertiary/aromatic N) is 1. The zero-order chi connectivity index (χ0) is 10.6. The first-order valence-electron chi connectivity index (χ1n) is 4.16. The summed E-state index contributed by atoms with van der Waals surface area (Å²) in [6.07, 6.45) is -1.09. The van der Waals surface area contributed by atoms with Crippen molar-refractivity contribution in [2.24, 2.45) is 0 Å². The predicted molar refractivity (Wildman–Crippen MR) is 49.6 cm³/mol. The van der Waals surface area contributed by atoms with Gasteiger partial charge in [0.1, 0.15) is 5.75 Å². The van der Waals surface area contributed by atoms with Crippen LogP contribution in [-0.2, 0) is 0 Å². The van der Waals surface area contributed by atoms with Gasteiger partial charge in [-0.25, -0.2) is 0 Å². The van der Waals surface area contributed by atoms with Crippen LogP contribution < -0.4 is 0 Å². The summed E-state index contributed by atoms with van der Waals surface area (Å²) in [6.45, 7) is -0.459. The van der Waals surface area contributed by atoms with Crippen LogP contribution >= 0.6 is 0 Å². The Hall–Kier alpha value is -1.57. The quantitative estimate of drug-likeness (QED) is 0.646. The number of rotatable bonds is 3. The van der Waals surface area contributed by atoms with E-state index in [2.05, 4.69) is 0 Å². The molecule has 0 radical (unpaired) electrons. The largest absolute Gasteiger partial charge is 0.508 e. The number of aliphatic hydroxyl groups excluding tert-OH is 2. The van der Waals surface area contributed by atoms with Crippen LogP contribution in [0.4, 0.5) is 0 Å². The van der Waals surface area contributed by atoms with Gasteiger partial charge in [-0.2, -0.15) is 5.26 Å². The van der Waals surface area contributed by atoms with Crippen molar-refractivity contribution < 1.29 is 15.3 Å². The fraction of sp³-hybridized carbons (Fsp3) is 0.300. The molecule has 4 nitrogen and oxygen atoms in total. The monoisotopic (exact) mass is 193 g/mol. The van der Waals surface area contributed by atoms with Crippen LogP contribution in [0.2, 0.25) is 0 Å². The second-order valence-electron chi connectivity index (χ2n) is 2.95. The summed E-state index contributed by atoms with van der Waals surface area (Å²) in [5.74, 6) is -0.662. The molecule has 0 aromatic heterocycles. The Morgan fingerprint density at radius 3 is 2.29 bits per heavy atom. The average Bonchev–Trinajstić information content (AvgIpc) is 2.21. The van der Waals surface area contributed by atoms with Gasteiger partial charge >= 0.3 is 0 Å². The first-order valence-corrected chi connectivity index (χ1v) is 4.16. The van der Waals surface area contributed by atoms with Gasteiger partial charge in [-0.3, -0.25) is 0 Å². The number of benzene rings is 1. The molecule has 0 aliphatic rings. The molecule has 74 valence electrons. The molecule has 2 atom stereocenters. The third-order valence-corrected chi connectivity index (χ3v) is 1.96. The van der Waals surface area contributed by atoms with E-state index in [1.165, 1.54) is 12.1 Å². The molecule has 1 aromatic carbocycles. The van der Waals surface area contributed by atoms with Gasteiger partial charge in [-0.15, -0.1) is 0 Å². The van der Waals surface area contributed by atoms with Crippen LogP contribution in [0.1, 0.15) is 11.5 Å². The van der Waals surface area contributed by atoms with E-state index in [0.29, 0.717) is 5.56 Å². The molecule has 0 amide bonds. The van der Waals surface area contributed by atoms with E-state index in [9.17, 15) is 5.11 Å². The highest BCUT2D eigenvalue weighted by Crippen LogP contribution is 2.21. The van der Waals surface area contributed by atoms with E-state index in [0.717, 1.165) is 0 Å². The second kappa shape index (κ2) is 4.61. The molecule has 0 unspecified atom stereocenters. The normalized spacial score (nSPS) is 14.4. The highest BCUT2D eigenvalue weighted by atomic mass is 16.3. The highest BCUT2D eigenvalue weighted by Gasteiger charge is 2.19. The van der Waals surface area contributed by atoms with Crippen molar-refractivity contribution in [3.63, 3.8) is 0 Å². The zero-order valence-corrected chi connectivity index (χ0v) is 7.46. The van der Waals surface area contributed by atoms with Crippen molar-refractivity contribution in [1.29, 1.82) is 5.26 Å². The molecule has 0 aliphatic carbocycles. The number of hydrogen-bond acceptors (Lipinski definition) is 4. The third kappa shape index (κ3) is 2.22. The van der Waals surface area contributed by atoms with Crippen molar-refractivity contribution in [3.8, 4) is 11.8 Å². The molecule has 0 spiro atoms. The minimum atomic E-state index is -1.09. The number of aliphatic hydroxyl groups is 2. The van der Waals surface area contributed by atoms with Gasteiger partial charge in [0.25, 0.3) is 0 Å². The van der Waals surface area contributed by atoms with E-state index < -0.39 is 18.6 Å². The molecule has 3 N–H and O–H groups in total. The maximum absolute atomic E-state index is 9.31. The fourth-order valence-corrected chi connectivity index (χ4v) is 1.17. The lowest BCUT2D eigenvalue weighted by molar-refractivity contribution is 0.0857. The molecular formula is C10H11NO3.